The van der Waals surface area contributed by atoms with Crippen LogP contribution in [0.3, 0.4) is 0 Å². The van der Waals surface area contributed by atoms with Gasteiger partial charge >= 0.3 is 0 Å². The summed E-state index contributed by atoms with van der Waals surface area (Å²) in [6, 6.07) is 11.3. The Morgan fingerprint density at radius 3 is 2.61 bits per heavy atom. The molecule has 2 rings (SSSR count). The lowest BCUT2D eigenvalue weighted by molar-refractivity contribution is -0.116. The molecule has 31 heavy (non-hydrogen) atoms. The van der Waals surface area contributed by atoms with Gasteiger partial charge in [0, 0.05) is 45.4 Å². The van der Waals surface area contributed by atoms with Gasteiger partial charge in [-0.3, -0.25) is 14.6 Å². The third-order valence-electron chi connectivity index (χ3n) is 4.42. The molecule has 0 aliphatic heterocycles. The first-order valence-electron chi connectivity index (χ1n) is 10.4. The molecule has 0 spiro atoms. The van der Waals surface area contributed by atoms with Crippen LogP contribution >= 0.6 is 0 Å². The van der Waals surface area contributed by atoms with Crippen molar-refractivity contribution in [2.24, 2.45) is 4.99 Å². The van der Waals surface area contributed by atoms with Crippen LogP contribution in [0.5, 0.6) is 0 Å². The zero-order valence-corrected chi connectivity index (χ0v) is 18.7. The molecular formula is C23H32N6O2. The average molecular weight is 425 g/mol. The summed E-state index contributed by atoms with van der Waals surface area (Å²) < 4.78 is 0. The van der Waals surface area contributed by atoms with E-state index in [4.69, 9.17) is 0 Å². The smallest absolute Gasteiger partial charge is 0.253 e. The number of rotatable bonds is 9. The van der Waals surface area contributed by atoms with Crippen molar-refractivity contribution in [1.29, 1.82) is 0 Å². The summed E-state index contributed by atoms with van der Waals surface area (Å²) in [5.41, 5.74) is 2.79. The number of amides is 2. The Labute approximate surface area is 184 Å². The summed E-state index contributed by atoms with van der Waals surface area (Å²) in [4.78, 5) is 34.4. The first kappa shape index (κ1) is 23.9. The fourth-order valence-corrected chi connectivity index (χ4v) is 2.80. The molecule has 1 aromatic carbocycles. The molecule has 0 unspecified atom stereocenters. The molecule has 0 aliphatic carbocycles. The molecule has 0 atom stereocenters. The maximum absolute atomic E-state index is 12.1. The second kappa shape index (κ2) is 12.3. The molecular weight excluding hydrogens is 392 g/mol. The van der Waals surface area contributed by atoms with Crippen LogP contribution < -0.4 is 16.0 Å². The van der Waals surface area contributed by atoms with E-state index in [9.17, 15) is 9.59 Å². The van der Waals surface area contributed by atoms with Crippen molar-refractivity contribution >= 4 is 23.6 Å². The number of aryl methyl sites for hydroxylation is 1. The van der Waals surface area contributed by atoms with Crippen molar-refractivity contribution in [3.8, 4) is 0 Å². The Hall–Kier alpha value is -3.42. The van der Waals surface area contributed by atoms with Crippen LogP contribution in [0.25, 0.3) is 0 Å². The van der Waals surface area contributed by atoms with Crippen molar-refractivity contribution in [2.45, 2.75) is 26.7 Å². The van der Waals surface area contributed by atoms with E-state index in [0.717, 1.165) is 24.1 Å². The normalized spacial score (nSPS) is 11.0. The Morgan fingerprint density at radius 1 is 1.13 bits per heavy atom. The number of carbonyl (C=O) groups is 2. The van der Waals surface area contributed by atoms with Crippen molar-refractivity contribution in [2.75, 3.05) is 39.0 Å². The van der Waals surface area contributed by atoms with E-state index in [1.807, 2.05) is 44.2 Å². The number of hydrogen-bond donors (Lipinski definition) is 3. The van der Waals surface area contributed by atoms with Crippen LogP contribution in [0.2, 0.25) is 0 Å². The van der Waals surface area contributed by atoms with Gasteiger partial charge in [-0.05, 0) is 49.6 Å². The minimum Gasteiger partial charge on any atom is -0.357 e. The van der Waals surface area contributed by atoms with Crippen LogP contribution in [-0.4, -0.2) is 61.4 Å². The fraction of sp³-hybridized carbons (Fsp3) is 0.391. The first-order chi connectivity index (χ1) is 14.9. The molecule has 0 bridgehead atoms. The summed E-state index contributed by atoms with van der Waals surface area (Å²) in [6.45, 7) is 5.68. The minimum absolute atomic E-state index is 0.0103. The lowest BCUT2D eigenvalue weighted by Crippen LogP contribution is -2.38. The number of aromatic nitrogens is 1. The summed E-state index contributed by atoms with van der Waals surface area (Å²) >= 11 is 0. The van der Waals surface area contributed by atoms with Crippen LogP contribution in [0.4, 0.5) is 5.82 Å². The predicted octanol–water partition coefficient (Wildman–Crippen LogP) is 2.22. The molecule has 8 heteroatoms. The standard InChI is InChI=1S/C23H32N6O2/c1-5-24-23(26-14-12-21(30)28-20-10-9-17(2)16-27-20)25-13-11-18-7-6-8-19(15-18)22(31)29(3)4/h6-10,15-16H,5,11-14H2,1-4H3,(H2,24,25,26)(H,27,28,30). The average Bonchev–Trinajstić information content (AvgIpc) is 2.75. The van der Waals surface area contributed by atoms with Gasteiger partial charge in [0.25, 0.3) is 5.91 Å². The zero-order valence-electron chi connectivity index (χ0n) is 18.7. The van der Waals surface area contributed by atoms with Crippen LogP contribution in [-0.2, 0) is 11.2 Å². The highest BCUT2D eigenvalue weighted by Crippen LogP contribution is 2.08. The summed E-state index contributed by atoms with van der Waals surface area (Å²) in [5, 5.41) is 9.22. The molecule has 2 amide bonds. The highest BCUT2D eigenvalue weighted by molar-refractivity contribution is 5.94. The third-order valence-corrected chi connectivity index (χ3v) is 4.42. The van der Waals surface area contributed by atoms with Gasteiger partial charge in [-0.15, -0.1) is 0 Å². The van der Waals surface area contributed by atoms with E-state index in [0.29, 0.717) is 30.4 Å². The molecule has 8 nitrogen and oxygen atoms in total. The van der Waals surface area contributed by atoms with Crippen molar-refractivity contribution in [3.63, 3.8) is 0 Å². The van der Waals surface area contributed by atoms with E-state index in [-0.39, 0.29) is 18.2 Å². The molecule has 0 saturated heterocycles. The second-order valence-electron chi connectivity index (χ2n) is 7.36. The highest BCUT2D eigenvalue weighted by atomic mass is 16.2. The van der Waals surface area contributed by atoms with Gasteiger partial charge in [0.2, 0.25) is 5.91 Å². The van der Waals surface area contributed by atoms with Crippen molar-refractivity contribution in [3.05, 3.63) is 59.3 Å². The number of nitrogens with zero attached hydrogens (tertiary/aromatic N) is 3. The Balaban J connectivity index is 1.82. The number of carbonyl (C=O) groups excluding carboxylic acids is 2. The van der Waals surface area contributed by atoms with Gasteiger partial charge < -0.3 is 20.9 Å². The van der Waals surface area contributed by atoms with Crippen LogP contribution in [0.1, 0.15) is 34.8 Å². The van der Waals surface area contributed by atoms with Crippen molar-refractivity contribution in [1.82, 2.24) is 20.5 Å². The maximum Gasteiger partial charge on any atom is 0.253 e. The van der Waals surface area contributed by atoms with Crippen LogP contribution in [0.15, 0.2) is 47.6 Å². The Kier molecular flexibility index (Phi) is 9.48. The van der Waals surface area contributed by atoms with E-state index in [1.165, 1.54) is 0 Å². The van der Waals surface area contributed by atoms with Crippen molar-refractivity contribution < 1.29 is 9.59 Å². The number of guanidine groups is 1. The number of anilines is 1. The van der Waals surface area contributed by atoms with Crippen LogP contribution in [0, 0.1) is 6.92 Å². The maximum atomic E-state index is 12.1. The number of benzene rings is 1. The number of aliphatic imine (C=N–C) groups is 1. The van der Waals surface area contributed by atoms with Gasteiger partial charge in [-0.2, -0.15) is 0 Å². The topological polar surface area (TPSA) is 98.7 Å². The predicted molar refractivity (Wildman–Crippen MR) is 124 cm³/mol. The molecule has 0 aliphatic rings. The molecule has 166 valence electrons. The molecule has 0 fully saturated rings. The highest BCUT2D eigenvalue weighted by Gasteiger charge is 2.08. The SMILES string of the molecule is CCNC(=NCCC(=O)Nc1ccc(C)cn1)NCCc1cccc(C(=O)N(C)C)c1. The zero-order chi connectivity index (χ0) is 22.6. The Bertz CT molecular complexity index is 893. The van der Waals surface area contributed by atoms with E-state index in [2.05, 4.69) is 25.9 Å². The van der Waals surface area contributed by atoms with Gasteiger partial charge in [-0.25, -0.2) is 4.98 Å². The first-order valence-corrected chi connectivity index (χ1v) is 10.4. The molecule has 3 N–H and O–H groups in total. The van der Waals surface area contributed by atoms with Gasteiger partial charge in [-0.1, -0.05) is 18.2 Å². The molecule has 1 aromatic heterocycles. The monoisotopic (exact) mass is 424 g/mol. The summed E-state index contributed by atoms with van der Waals surface area (Å²) in [7, 11) is 3.49. The summed E-state index contributed by atoms with van der Waals surface area (Å²) in [6.07, 6.45) is 2.73. The number of nitrogens with one attached hydrogen (secondary N) is 3. The quantitative estimate of drug-likeness (QED) is 0.423. The Morgan fingerprint density at radius 2 is 1.94 bits per heavy atom. The lowest BCUT2D eigenvalue weighted by atomic mass is 10.1. The fourth-order valence-electron chi connectivity index (χ4n) is 2.80. The van der Waals surface area contributed by atoms with Gasteiger partial charge in [0.15, 0.2) is 5.96 Å². The van der Waals surface area contributed by atoms with Gasteiger partial charge in [0.05, 0.1) is 6.54 Å². The molecule has 2 aromatic rings. The third kappa shape index (κ3) is 8.46. The van der Waals surface area contributed by atoms with E-state index < -0.39 is 0 Å². The van der Waals surface area contributed by atoms with Gasteiger partial charge in [0.1, 0.15) is 5.82 Å². The number of hydrogen-bond acceptors (Lipinski definition) is 4. The summed E-state index contributed by atoms with van der Waals surface area (Å²) in [5.74, 6) is 1.06. The van der Waals surface area contributed by atoms with E-state index in [1.54, 1.807) is 31.3 Å². The largest absolute Gasteiger partial charge is 0.357 e. The second-order valence-corrected chi connectivity index (χ2v) is 7.36. The molecule has 0 saturated carbocycles. The lowest BCUT2D eigenvalue weighted by Gasteiger charge is -2.13. The molecule has 1 heterocycles. The van der Waals surface area contributed by atoms with E-state index >= 15 is 0 Å². The number of pyridine rings is 1. The minimum atomic E-state index is -0.127. The molecule has 0 radical (unpaired) electrons.